The molecule has 2 nitrogen and oxygen atoms in total. The molecule has 0 bridgehead atoms. The molecular formula is C18H27F3N2S. The molecule has 0 saturated heterocycles. The van der Waals surface area contributed by atoms with E-state index in [0.717, 1.165) is 63.7 Å². The van der Waals surface area contributed by atoms with Gasteiger partial charge in [-0.2, -0.15) is 13.2 Å². The molecule has 0 radical (unpaired) electrons. The second kappa shape index (κ2) is 10.5. The van der Waals surface area contributed by atoms with E-state index in [1.165, 1.54) is 6.07 Å². The van der Waals surface area contributed by atoms with Crippen molar-refractivity contribution < 1.29 is 13.2 Å². The summed E-state index contributed by atoms with van der Waals surface area (Å²) in [5.74, 6) is 0. The summed E-state index contributed by atoms with van der Waals surface area (Å²) in [6.07, 6.45) is 2.21. The van der Waals surface area contributed by atoms with Gasteiger partial charge < -0.3 is 10.2 Å². The van der Waals surface area contributed by atoms with Crippen LogP contribution in [0, 0.1) is 0 Å². The van der Waals surface area contributed by atoms with E-state index in [1.807, 2.05) is 0 Å². The average molecular weight is 360 g/mol. The highest BCUT2D eigenvalue weighted by Crippen LogP contribution is 2.30. The lowest BCUT2D eigenvalue weighted by molar-refractivity contribution is -0.137. The Bertz CT molecular complexity index is 493. The molecule has 0 heterocycles. The van der Waals surface area contributed by atoms with Crippen LogP contribution >= 0.6 is 12.2 Å². The third-order valence-corrected chi connectivity index (χ3v) is 4.15. The second-order valence-electron chi connectivity index (χ2n) is 5.91. The number of anilines is 1. The first-order chi connectivity index (χ1) is 11.4. The maximum Gasteiger partial charge on any atom is 0.416 e. The number of nitrogens with one attached hydrogen (secondary N) is 1. The van der Waals surface area contributed by atoms with Gasteiger partial charge in [0, 0.05) is 18.8 Å². The minimum atomic E-state index is -4.35. The number of rotatable bonds is 9. The molecule has 0 fully saturated rings. The van der Waals surface area contributed by atoms with Gasteiger partial charge in [0.05, 0.1) is 5.56 Å². The molecular weight excluding hydrogens is 333 g/mol. The first-order valence-corrected chi connectivity index (χ1v) is 9.02. The summed E-state index contributed by atoms with van der Waals surface area (Å²) in [5, 5.41) is 3.47. The van der Waals surface area contributed by atoms with Crippen LogP contribution in [0.3, 0.4) is 0 Å². The van der Waals surface area contributed by atoms with Crippen LogP contribution in [0.5, 0.6) is 0 Å². The fourth-order valence-corrected chi connectivity index (χ4v) is 2.70. The Hall–Kier alpha value is -1.30. The highest BCUT2D eigenvalue weighted by atomic mass is 32.1. The van der Waals surface area contributed by atoms with E-state index in [9.17, 15) is 13.2 Å². The summed E-state index contributed by atoms with van der Waals surface area (Å²) in [5.41, 5.74) is -0.287. The molecule has 1 aromatic rings. The minimum absolute atomic E-state index is 0.380. The maximum atomic E-state index is 12.8. The summed E-state index contributed by atoms with van der Waals surface area (Å²) >= 11 is 5.43. The quantitative estimate of drug-likeness (QED) is 0.424. The number of hydrogen-bond donors (Lipinski definition) is 1. The van der Waals surface area contributed by atoms with Crippen molar-refractivity contribution in [2.75, 3.05) is 18.4 Å². The predicted octanol–water partition coefficient (Wildman–Crippen LogP) is 6.08. The van der Waals surface area contributed by atoms with E-state index in [0.29, 0.717) is 10.8 Å². The van der Waals surface area contributed by atoms with Gasteiger partial charge in [-0.25, -0.2) is 0 Å². The number of thiocarbonyl (C=S) groups is 1. The zero-order chi connectivity index (χ0) is 18.0. The van der Waals surface area contributed by atoms with Gasteiger partial charge in [0.1, 0.15) is 0 Å². The Labute approximate surface area is 148 Å². The van der Waals surface area contributed by atoms with Crippen LogP contribution in [0.15, 0.2) is 24.3 Å². The molecule has 0 aliphatic carbocycles. The molecule has 6 heteroatoms. The Morgan fingerprint density at radius 2 is 1.62 bits per heavy atom. The number of halogens is 3. The van der Waals surface area contributed by atoms with Crippen molar-refractivity contribution in [3.8, 4) is 0 Å². The molecule has 24 heavy (non-hydrogen) atoms. The van der Waals surface area contributed by atoms with Gasteiger partial charge in [-0.1, -0.05) is 45.6 Å². The van der Waals surface area contributed by atoms with Crippen LogP contribution in [-0.2, 0) is 6.18 Å². The van der Waals surface area contributed by atoms with Crippen molar-refractivity contribution >= 4 is 23.0 Å². The molecule has 0 aromatic heterocycles. The van der Waals surface area contributed by atoms with E-state index in [-0.39, 0.29) is 0 Å². The van der Waals surface area contributed by atoms with E-state index in [1.54, 1.807) is 6.07 Å². The molecule has 0 amide bonds. The molecule has 0 unspecified atom stereocenters. The molecule has 1 N–H and O–H groups in total. The zero-order valence-corrected chi connectivity index (χ0v) is 15.3. The summed E-state index contributed by atoms with van der Waals surface area (Å²) < 4.78 is 38.4. The number of nitrogens with zero attached hydrogens (tertiary/aromatic N) is 1. The summed E-state index contributed by atoms with van der Waals surface area (Å²) in [6.45, 7) is 5.95. The third-order valence-electron chi connectivity index (χ3n) is 3.79. The molecule has 0 atom stereocenters. The van der Waals surface area contributed by atoms with E-state index in [2.05, 4.69) is 24.1 Å². The van der Waals surface area contributed by atoms with Crippen molar-refractivity contribution in [3.05, 3.63) is 29.8 Å². The summed E-state index contributed by atoms with van der Waals surface area (Å²) in [6, 6.07) is 5.17. The molecule has 0 saturated carbocycles. The van der Waals surface area contributed by atoms with E-state index in [4.69, 9.17) is 12.2 Å². The predicted molar refractivity (Wildman–Crippen MR) is 98.3 cm³/mol. The maximum absolute atomic E-state index is 12.8. The van der Waals surface area contributed by atoms with Crippen molar-refractivity contribution in [2.45, 2.75) is 58.5 Å². The Morgan fingerprint density at radius 1 is 1.04 bits per heavy atom. The number of benzene rings is 1. The summed E-state index contributed by atoms with van der Waals surface area (Å²) in [7, 11) is 0. The monoisotopic (exact) mass is 360 g/mol. The third kappa shape index (κ3) is 7.51. The highest BCUT2D eigenvalue weighted by Gasteiger charge is 2.30. The van der Waals surface area contributed by atoms with Gasteiger partial charge >= 0.3 is 6.18 Å². The minimum Gasteiger partial charge on any atom is -0.349 e. The normalized spacial score (nSPS) is 11.4. The van der Waals surface area contributed by atoms with Crippen LogP contribution in [-0.4, -0.2) is 23.1 Å². The van der Waals surface area contributed by atoms with E-state index >= 15 is 0 Å². The van der Waals surface area contributed by atoms with Gasteiger partial charge in [-0.3, -0.25) is 0 Å². The van der Waals surface area contributed by atoms with Crippen LogP contribution in [0.2, 0.25) is 0 Å². The van der Waals surface area contributed by atoms with Crippen LogP contribution in [0.25, 0.3) is 0 Å². The van der Waals surface area contributed by atoms with E-state index < -0.39 is 11.7 Å². The molecule has 136 valence electrons. The Kier molecular flexibility index (Phi) is 9.11. The molecule has 0 aliphatic heterocycles. The number of unbranched alkanes of at least 4 members (excludes halogenated alkanes) is 4. The Morgan fingerprint density at radius 3 is 2.12 bits per heavy atom. The average Bonchev–Trinajstić information content (AvgIpc) is 2.53. The molecule has 1 rings (SSSR count). The largest absolute Gasteiger partial charge is 0.416 e. The highest BCUT2D eigenvalue weighted by molar-refractivity contribution is 7.80. The van der Waals surface area contributed by atoms with Crippen LogP contribution in [0.4, 0.5) is 18.9 Å². The summed E-state index contributed by atoms with van der Waals surface area (Å²) in [4.78, 5) is 2.07. The van der Waals surface area contributed by atoms with Crippen LogP contribution < -0.4 is 5.32 Å². The lowest BCUT2D eigenvalue weighted by Gasteiger charge is -2.26. The Balaban J connectivity index is 2.71. The lowest BCUT2D eigenvalue weighted by Crippen LogP contribution is -2.36. The van der Waals surface area contributed by atoms with Crippen LogP contribution in [0.1, 0.15) is 57.9 Å². The van der Waals surface area contributed by atoms with Gasteiger partial charge in [-0.05, 0) is 43.3 Å². The molecule has 1 aromatic carbocycles. The fourth-order valence-electron chi connectivity index (χ4n) is 2.40. The van der Waals surface area contributed by atoms with Crippen molar-refractivity contribution in [1.29, 1.82) is 0 Å². The first-order valence-electron chi connectivity index (χ1n) is 8.61. The molecule has 0 aliphatic rings. The van der Waals surface area contributed by atoms with Gasteiger partial charge in [0.15, 0.2) is 5.11 Å². The number of hydrogen-bond acceptors (Lipinski definition) is 1. The van der Waals surface area contributed by atoms with Gasteiger partial charge in [-0.15, -0.1) is 0 Å². The zero-order valence-electron chi connectivity index (χ0n) is 14.5. The fraction of sp³-hybridized carbons (Fsp3) is 0.611. The SMILES string of the molecule is CCCCCN(CCCCC)C(=S)Nc1cccc(C(F)(F)F)c1. The van der Waals surface area contributed by atoms with Crippen molar-refractivity contribution in [3.63, 3.8) is 0 Å². The smallest absolute Gasteiger partial charge is 0.349 e. The van der Waals surface area contributed by atoms with Gasteiger partial charge in [0.2, 0.25) is 0 Å². The first kappa shape index (κ1) is 20.7. The standard InChI is InChI=1S/C18H27F3N2S/c1-3-5-7-12-23(13-8-6-4-2)17(24)22-16-11-9-10-15(14-16)18(19,20)21/h9-11,14H,3-8,12-13H2,1-2H3,(H,22,24). The van der Waals surface area contributed by atoms with Crippen molar-refractivity contribution in [2.24, 2.45) is 0 Å². The van der Waals surface area contributed by atoms with Gasteiger partial charge in [0.25, 0.3) is 0 Å². The second-order valence-corrected chi connectivity index (χ2v) is 6.30. The molecule has 0 spiro atoms. The topological polar surface area (TPSA) is 15.3 Å². The number of alkyl halides is 3. The lowest BCUT2D eigenvalue weighted by atomic mass is 10.2. The van der Waals surface area contributed by atoms with Crippen molar-refractivity contribution in [1.82, 2.24) is 4.90 Å².